The van der Waals surface area contributed by atoms with Gasteiger partial charge in [-0.2, -0.15) is 5.10 Å². The smallest absolute Gasteiger partial charge is 0.261 e. The van der Waals surface area contributed by atoms with Crippen LogP contribution in [-0.4, -0.2) is 21.1 Å². The number of nitro groups is 1. The van der Waals surface area contributed by atoms with Gasteiger partial charge in [-0.25, -0.2) is 9.97 Å². The number of alkyl halides is 3. The van der Waals surface area contributed by atoms with Gasteiger partial charge in [0.2, 0.25) is 3.79 Å². The summed E-state index contributed by atoms with van der Waals surface area (Å²) < 4.78 is -1.78. The Kier molecular flexibility index (Phi) is 5.22. The van der Waals surface area contributed by atoms with E-state index >= 15 is 0 Å². The molecule has 0 radical (unpaired) electrons. The van der Waals surface area contributed by atoms with Gasteiger partial charge in [-0.3, -0.25) is 15.5 Å². The van der Waals surface area contributed by atoms with E-state index in [0.717, 1.165) is 0 Å². The minimum Gasteiger partial charge on any atom is -0.261 e. The van der Waals surface area contributed by atoms with E-state index in [1.165, 1.54) is 18.3 Å². The summed E-state index contributed by atoms with van der Waals surface area (Å²) in [6.45, 7) is 0. The van der Waals surface area contributed by atoms with Crippen molar-refractivity contribution in [1.29, 1.82) is 0 Å². The third kappa shape index (κ3) is 4.19. The zero-order chi connectivity index (χ0) is 18.7. The molecule has 0 saturated heterocycles. The number of anilines is 1. The van der Waals surface area contributed by atoms with Crippen LogP contribution >= 0.6 is 34.8 Å². The molecule has 0 fully saturated rings. The Morgan fingerprint density at radius 3 is 2.42 bits per heavy atom. The predicted molar refractivity (Wildman–Crippen MR) is 103 cm³/mol. The van der Waals surface area contributed by atoms with Crippen LogP contribution in [0.15, 0.2) is 53.6 Å². The zero-order valence-corrected chi connectivity index (χ0v) is 15.2. The lowest BCUT2D eigenvalue weighted by atomic mass is 10.2. The van der Waals surface area contributed by atoms with E-state index in [-0.39, 0.29) is 11.5 Å². The highest BCUT2D eigenvalue weighted by Crippen LogP contribution is 2.37. The van der Waals surface area contributed by atoms with Gasteiger partial charge in [-0.05, 0) is 29.8 Å². The second-order valence-electron chi connectivity index (χ2n) is 5.13. The Hall–Kier alpha value is -2.48. The first-order valence-corrected chi connectivity index (χ1v) is 8.35. The number of hydrogen-bond donors (Lipinski definition) is 1. The number of nitrogens with one attached hydrogen (secondary N) is 1. The third-order valence-electron chi connectivity index (χ3n) is 3.34. The molecule has 132 valence electrons. The van der Waals surface area contributed by atoms with Crippen LogP contribution in [0.5, 0.6) is 0 Å². The molecule has 1 aromatic heterocycles. The largest absolute Gasteiger partial charge is 0.269 e. The predicted octanol–water partition coefficient (Wildman–Crippen LogP) is 4.81. The van der Waals surface area contributed by atoms with Crippen molar-refractivity contribution in [3.63, 3.8) is 0 Å². The molecule has 1 N–H and O–H groups in total. The fourth-order valence-electron chi connectivity index (χ4n) is 2.14. The molecule has 0 saturated carbocycles. The zero-order valence-electron chi connectivity index (χ0n) is 12.9. The number of nitrogens with zero attached hydrogens (tertiary/aromatic N) is 4. The average Bonchev–Trinajstić information content (AvgIpc) is 2.61. The molecule has 0 atom stereocenters. The molecule has 0 aliphatic heterocycles. The molecule has 1 heterocycles. The van der Waals surface area contributed by atoms with Crippen LogP contribution in [0.25, 0.3) is 10.9 Å². The van der Waals surface area contributed by atoms with Gasteiger partial charge >= 0.3 is 0 Å². The molecule has 0 unspecified atom stereocenters. The quantitative estimate of drug-likeness (QED) is 0.288. The highest BCUT2D eigenvalue weighted by Gasteiger charge is 2.28. The highest BCUT2D eigenvalue weighted by atomic mass is 35.6. The monoisotopic (exact) mass is 409 g/mol. The Balaban J connectivity index is 1.89. The van der Waals surface area contributed by atoms with Crippen molar-refractivity contribution in [2.45, 2.75) is 3.79 Å². The van der Waals surface area contributed by atoms with Gasteiger partial charge in [-0.1, -0.05) is 46.9 Å². The number of rotatable bonds is 4. The Bertz CT molecular complexity index is 987. The molecule has 0 spiro atoms. The number of nitro benzene ring substituents is 1. The summed E-state index contributed by atoms with van der Waals surface area (Å²) in [5.74, 6) is 0.393. The van der Waals surface area contributed by atoms with Gasteiger partial charge in [0.05, 0.1) is 16.7 Å². The maximum atomic E-state index is 10.7. The summed E-state index contributed by atoms with van der Waals surface area (Å²) >= 11 is 17.7. The second-order valence-corrected chi connectivity index (χ2v) is 7.41. The van der Waals surface area contributed by atoms with Crippen molar-refractivity contribution in [2.75, 3.05) is 5.43 Å². The van der Waals surface area contributed by atoms with Crippen LogP contribution in [0.2, 0.25) is 0 Å². The van der Waals surface area contributed by atoms with Gasteiger partial charge < -0.3 is 0 Å². The van der Waals surface area contributed by atoms with Gasteiger partial charge in [0.25, 0.3) is 5.69 Å². The van der Waals surface area contributed by atoms with Crippen molar-refractivity contribution < 1.29 is 4.92 Å². The van der Waals surface area contributed by atoms with Crippen LogP contribution in [0.1, 0.15) is 11.4 Å². The molecule has 3 rings (SSSR count). The summed E-state index contributed by atoms with van der Waals surface area (Å²) in [5.41, 5.74) is 4.06. The normalized spacial score (nSPS) is 11.8. The molecular weight excluding hydrogens is 401 g/mol. The van der Waals surface area contributed by atoms with E-state index in [4.69, 9.17) is 34.8 Å². The number of halogens is 3. The molecule has 26 heavy (non-hydrogen) atoms. The summed E-state index contributed by atoms with van der Waals surface area (Å²) in [4.78, 5) is 18.7. The molecule has 2 aromatic carbocycles. The summed E-state index contributed by atoms with van der Waals surface area (Å²) in [6, 6.07) is 13.1. The highest BCUT2D eigenvalue weighted by molar-refractivity contribution is 6.66. The van der Waals surface area contributed by atoms with Crippen LogP contribution < -0.4 is 5.43 Å². The van der Waals surface area contributed by atoms with Gasteiger partial charge in [0.1, 0.15) is 0 Å². The number of para-hydroxylation sites is 1. The number of fused-ring (bicyclic) bond motifs is 1. The third-order valence-corrected chi connectivity index (χ3v) is 3.85. The van der Waals surface area contributed by atoms with Gasteiger partial charge in [-0.15, -0.1) is 0 Å². The average molecular weight is 411 g/mol. The fourth-order valence-corrected chi connectivity index (χ4v) is 2.39. The molecule has 3 aromatic rings. The van der Waals surface area contributed by atoms with E-state index in [2.05, 4.69) is 20.5 Å². The molecule has 7 nitrogen and oxygen atoms in total. The maximum absolute atomic E-state index is 10.7. The first-order valence-electron chi connectivity index (χ1n) is 7.22. The lowest BCUT2D eigenvalue weighted by Gasteiger charge is -2.12. The number of hydrogen-bond acceptors (Lipinski definition) is 6. The van der Waals surface area contributed by atoms with Crippen LogP contribution in [0.4, 0.5) is 11.5 Å². The number of hydrazone groups is 1. The van der Waals surface area contributed by atoms with Crippen molar-refractivity contribution >= 4 is 63.4 Å². The van der Waals surface area contributed by atoms with E-state index in [9.17, 15) is 10.1 Å². The van der Waals surface area contributed by atoms with Gasteiger partial charge in [0, 0.05) is 17.5 Å². The van der Waals surface area contributed by atoms with Crippen LogP contribution in [0, 0.1) is 10.1 Å². The Labute approximate surface area is 162 Å². The topological polar surface area (TPSA) is 93.3 Å². The maximum Gasteiger partial charge on any atom is 0.269 e. The summed E-state index contributed by atoms with van der Waals surface area (Å²) in [5, 5.41) is 15.5. The summed E-state index contributed by atoms with van der Waals surface area (Å²) in [6.07, 6.45) is 1.50. The van der Waals surface area contributed by atoms with Crippen LogP contribution in [-0.2, 0) is 3.79 Å². The minimum atomic E-state index is -1.78. The summed E-state index contributed by atoms with van der Waals surface area (Å²) in [7, 11) is 0. The molecule has 0 aliphatic rings. The fraction of sp³-hybridized carbons (Fsp3) is 0.0625. The van der Waals surface area contributed by atoms with Crippen molar-refractivity contribution in [1.82, 2.24) is 9.97 Å². The number of benzene rings is 2. The number of non-ortho nitro benzene ring substituents is 1. The Morgan fingerprint density at radius 1 is 1.08 bits per heavy atom. The van der Waals surface area contributed by atoms with E-state index < -0.39 is 8.72 Å². The lowest BCUT2D eigenvalue weighted by molar-refractivity contribution is -0.384. The second kappa shape index (κ2) is 7.41. The standard InChI is InChI=1S/C16H10Cl3N5O2/c17-16(18,19)15-21-13-4-2-1-3-12(13)14(22-15)23-20-9-10-5-7-11(8-6-10)24(25)26/h1-9H,(H,21,22,23)/b20-9+. The van der Waals surface area contributed by atoms with E-state index in [1.54, 1.807) is 30.3 Å². The molecular formula is C16H10Cl3N5O2. The first-order chi connectivity index (χ1) is 12.3. The van der Waals surface area contributed by atoms with Crippen LogP contribution in [0.3, 0.4) is 0 Å². The van der Waals surface area contributed by atoms with Crippen molar-refractivity contribution in [3.05, 3.63) is 70.0 Å². The van der Waals surface area contributed by atoms with Crippen molar-refractivity contribution in [2.24, 2.45) is 5.10 Å². The van der Waals surface area contributed by atoms with Crippen molar-refractivity contribution in [3.8, 4) is 0 Å². The minimum absolute atomic E-state index is 0.00391. The SMILES string of the molecule is O=[N+]([O-])c1ccc(/C=N/Nc2nc(C(Cl)(Cl)Cl)nc3ccccc23)cc1. The first kappa shape index (κ1) is 18.3. The molecule has 0 bridgehead atoms. The van der Waals surface area contributed by atoms with E-state index in [1.807, 2.05) is 6.07 Å². The molecule has 0 aliphatic carbocycles. The molecule has 10 heteroatoms. The molecule has 0 amide bonds. The van der Waals surface area contributed by atoms with E-state index in [0.29, 0.717) is 22.3 Å². The lowest BCUT2D eigenvalue weighted by Crippen LogP contribution is -2.09. The van der Waals surface area contributed by atoms with Gasteiger partial charge in [0.15, 0.2) is 11.6 Å². The Morgan fingerprint density at radius 2 is 1.77 bits per heavy atom. The number of aromatic nitrogens is 2.